The first-order valence-corrected chi connectivity index (χ1v) is 9.44. The Morgan fingerprint density at radius 2 is 1.32 bits per heavy atom. The molecular formula is C22H26N2O4. The molecule has 0 saturated heterocycles. The maximum atomic E-state index is 11.7. The third-order valence-corrected chi connectivity index (χ3v) is 4.05. The molecule has 0 radical (unpaired) electrons. The first-order valence-electron chi connectivity index (χ1n) is 9.44. The minimum atomic E-state index is -0.335. The summed E-state index contributed by atoms with van der Waals surface area (Å²) in [7, 11) is 0. The molecule has 2 amide bonds. The van der Waals surface area contributed by atoms with E-state index in [0.29, 0.717) is 13.0 Å². The molecule has 6 heteroatoms. The molecule has 0 saturated carbocycles. The van der Waals surface area contributed by atoms with Gasteiger partial charge >= 0.3 is 5.97 Å². The fourth-order valence-electron chi connectivity index (χ4n) is 2.60. The molecule has 0 fully saturated rings. The number of carbonyl (C=O) groups excluding carboxylic acids is 3. The van der Waals surface area contributed by atoms with Crippen LogP contribution < -0.4 is 10.9 Å². The van der Waals surface area contributed by atoms with Crippen LogP contribution in [-0.2, 0) is 32.0 Å². The zero-order valence-electron chi connectivity index (χ0n) is 15.9. The number of hydrazine groups is 1. The van der Waals surface area contributed by atoms with Gasteiger partial charge in [-0.25, -0.2) is 0 Å². The zero-order chi connectivity index (χ0) is 20.0. The molecule has 148 valence electrons. The molecule has 0 heterocycles. The van der Waals surface area contributed by atoms with Gasteiger partial charge in [-0.15, -0.1) is 0 Å². The van der Waals surface area contributed by atoms with Crippen LogP contribution >= 0.6 is 0 Å². The summed E-state index contributed by atoms with van der Waals surface area (Å²) in [5, 5.41) is 0. The molecular weight excluding hydrogens is 356 g/mol. The van der Waals surface area contributed by atoms with Crippen molar-refractivity contribution in [3.8, 4) is 0 Å². The second-order valence-corrected chi connectivity index (χ2v) is 6.42. The molecule has 2 aromatic rings. The normalized spacial score (nSPS) is 10.1. The van der Waals surface area contributed by atoms with E-state index >= 15 is 0 Å². The Labute approximate surface area is 165 Å². The van der Waals surface area contributed by atoms with E-state index in [1.54, 1.807) is 0 Å². The fourth-order valence-corrected chi connectivity index (χ4v) is 2.60. The van der Waals surface area contributed by atoms with Crippen LogP contribution in [0.15, 0.2) is 60.7 Å². The van der Waals surface area contributed by atoms with E-state index in [0.717, 1.165) is 18.4 Å². The lowest BCUT2D eigenvalue weighted by Crippen LogP contribution is -2.42. The van der Waals surface area contributed by atoms with Crippen LogP contribution in [-0.4, -0.2) is 24.4 Å². The molecule has 0 aliphatic rings. The Balaban J connectivity index is 1.49. The molecule has 2 rings (SSSR count). The number of esters is 1. The Hall–Kier alpha value is -3.15. The largest absolute Gasteiger partial charge is 0.466 e. The van der Waals surface area contributed by atoms with E-state index < -0.39 is 0 Å². The van der Waals surface area contributed by atoms with E-state index in [-0.39, 0.29) is 37.0 Å². The number of carbonyl (C=O) groups is 3. The molecule has 2 N–H and O–H groups in total. The van der Waals surface area contributed by atoms with Gasteiger partial charge in [0.25, 0.3) is 0 Å². The summed E-state index contributed by atoms with van der Waals surface area (Å²) in [5.74, 6) is -0.940. The van der Waals surface area contributed by atoms with E-state index in [4.69, 9.17) is 4.74 Å². The second-order valence-electron chi connectivity index (χ2n) is 6.42. The Morgan fingerprint density at radius 3 is 2.00 bits per heavy atom. The van der Waals surface area contributed by atoms with Crippen molar-refractivity contribution < 1.29 is 19.1 Å². The van der Waals surface area contributed by atoms with Crippen molar-refractivity contribution in [1.82, 2.24) is 10.9 Å². The monoisotopic (exact) mass is 382 g/mol. The van der Waals surface area contributed by atoms with Gasteiger partial charge in [0.2, 0.25) is 11.8 Å². The van der Waals surface area contributed by atoms with Gasteiger partial charge in [-0.05, 0) is 30.4 Å². The van der Waals surface area contributed by atoms with Crippen molar-refractivity contribution in [1.29, 1.82) is 0 Å². The molecule has 2 aromatic carbocycles. The molecule has 0 unspecified atom stereocenters. The fraction of sp³-hybridized carbons (Fsp3) is 0.318. The maximum absolute atomic E-state index is 11.7. The molecule has 0 atom stereocenters. The van der Waals surface area contributed by atoms with E-state index in [1.807, 2.05) is 60.7 Å². The Kier molecular flexibility index (Phi) is 9.27. The summed E-state index contributed by atoms with van der Waals surface area (Å²) in [6.45, 7) is 0.371. The van der Waals surface area contributed by atoms with Crippen LogP contribution in [0.4, 0.5) is 0 Å². The van der Waals surface area contributed by atoms with Crippen LogP contribution in [0, 0.1) is 0 Å². The van der Waals surface area contributed by atoms with E-state index in [9.17, 15) is 14.4 Å². The Bertz CT molecular complexity index is 748. The SMILES string of the molecule is O=C(CCCC(=O)OCCCc1ccccc1)NNC(=O)Cc1ccccc1. The van der Waals surface area contributed by atoms with Gasteiger partial charge in [0.05, 0.1) is 13.0 Å². The first kappa shape index (κ1) is 21.2. The lowest BCUT2D eigenvalue weighted by Gasteiger charge is -2.08. The van der Waals surface area contributed by atoms with Gasteiger partial charge in [-0.2, -0.15) is 0 Å². The van der Waals surface area contributed by atoms with Gasteiger partial charge in [-0.1, -0.05) is 60.7 Å². The average molecular weight is 382 g/mol. The van der Waals surface area contributed by atoms with Crippen molar-refractivity contribution in [3.05, 3.63) is 71.8 Å². The molecule has 0 bridgehead atoms. The molecule has 6 nitrogen and oxygen atoms in total. The number of ether oxygens (including phenoxy) is 1. The van der Waals surface area contributed by atoms with Crippen LogP contribution in [0.5, 0.6) is 0 Å². The topological polar surface area (TPSA) is 84.5 Å². The number of hydrogen-bond acceptors (Lipinski definition) is 4. The second kappa shape index (κ2) is 12.3. The Morgan fingerprint density at radius 1 is 0.714 bits per heavy atom. The van der Waals surface area contributed by atoms with Crippen LogP contribution in [0.2, 0.25) is 0 Å². The van der Waals surface area contributed by atoms with Crippen molar-refractivity contribution in [3.63, 3.8) is 0 Å². The highest BCUT2D eigenvalue weighted by Gasteiger charge is 2.08. The summed E-state index contributed by atoms with van der Waals surface area (Å²) in [5.41, 5.74) is 6.81. The van der Waals surface area contributed by atoms with Crippen LogP contribution in [0.1, 0.15) is 36.8 Å². The molecule has 0 aliphatic heterocycles. The number of benzene rings is 2. The van der Waals surface area contributed by atoms with Crippen molar-refractivity contribution >= 4 is 17.8 Å². The molecule has 0 spiro atoms. The van der Waals surface area contributed by atoms with Gasteiger partial charge < -0.3 is 4.74 Å². The summed E-state index contributed by atoms with van der Waals surface area (Å²) in [6, 6.07) is 19.3. The van der Waals surface area contributed by atoms with Crippen molar-refractivity contribution in [2.45, 2.75) is 38.5 Å². The molecule has 0 aromatic heterocycles. The van der Waals surface area contributed by atoms with Gasteiger partial charge in [0.1, 0.15) is 0 Å². The summed E-state index contributed by atoms with van der Waals surface area (Å²) in [6.07, 6.45) is 2.51. The number of hydrogen-bond donors (Lipinski definition) is 2. The first-order chi connectivity index (χ1) is 13.6. The van der Waals surface area contributed by atoms with E-state index in [2.05, 4.69) is 10.9 Å². The lowest BCUT2D eigenvalue weighted by molar-refractivity contribution is -0.144. The average Bonchev–Trinajstić information content (AvgIpc) is 2.71. The molecule has 28 heavy (non-hydrogen) atoms. The minimum absolute atomic E-state index is 0.144. The lowest BCUT2D eigenvalue weighted by atomic mass is 10.1. The number of rotatable bonds is 10. The standard InChI is InChI=1S/C22H26N2O4/c25-20(23-24-21(26)17-19-11-5-2-6-12-19)14-7-15-22(27)28-16-8-13-18-9-3-1-4-10-18/h1-6,9-12H,7-8,13-17H2,(H,23,25)(H,24,26). The summed E-state index contributed by atoms with van der Waals surface area (Å²) in [4.78, 5) is 35.2. The number of aryl methyl sites for hydroxylation is 1. The summed E-state index contributed by atoms with van der Waals surface area (Å²) < 4.78 is 5.17. The van der Waals surface area contributed by atoms with Crippen molar-refractivity contribution in [2.24, 2.45) is 0 Å². The van der Waals surface area contributed by atoms with Crippen molar-refractivity contribution in [2.75, 3.05) is 6.61 Å². The van der Waals surface area contributed by atoms with Gasteiger partial charge in [0, 0.05) is 12.8 Å². The highest BCUT2D eigenvalue weighted by molar-refractivity contribution is 5.83. The van der Waals surface area contributed by atoms with Crippen LogP contribution in [0.3, 0.4) is 0 Å². The minimum Gasteiger partial charge on any atom is -0.466 e. The smallest absolute Gasteiger partial charge is 0.305 e. The zero-order valence-corrected chi connectivity index (χ0v) is 15.9. The quantitative estimate of drug-likeness (QED) is 0.376. The predicted molar refractivity (Wildman–Crippen MR) is 106 cm³/mol. The number of amides is 2. The van der Waals surface area contributed by atoms with Crippen LogP contribution in [0.25, 0.3) is 0 Å². The van der Waals surface area contributed by atoms with Gasteiger partial charge in [-0.3, -0.25) is 25.2 Å². The van der Waals surface area contributed by atoms with Gasteiger partial charge in [0.15, 0.2) is 0 Å². The predicted octanol–water partition coefficient (Wildman–Crippen LogP) is 2.72. The maximum Gasteiger partial charge on any atom is 0.305 e. The third kappa shape index (κ3) is 8.98. The summed E-state index contributed by atoms with van der Waals surface area (Å²) >= 11 is 0. The van der Waals surface area contributed by atoms with E-state index in [1.165, 1.54) is 5.56 Å². The third-order valence-electron chi connectivity index (χ3n) is 4.05. The highest BCUT2D eigenvalue weighted by Crippen LogP contribution is 2.04. The highest BCUT2D eigenvalue weighted by atomic mass is 16.5. The molecule has 0 aliphatic carbocycles. The number of nitrogens with one attached hydrogen (secondary N) is 2.